The van der Waals surface area contributed by atoms with Crippen LogP contribution in [0.2, 0.25) is 0 Å². The van der Waals surface area contributed by atoms with Gasteiger partial charge in [0, 0.05) is 42.9 Å². The molecule has 9 nitrogen and oxygen atoms in total. The highest BCUT2D eigenvalue weighted by atomic mass is 32.1. The molecular formula is C25H26N8OS. The van der Waals surface area contributed by atoms with Crippen molar-refractivity contribution >= 4 is 27.7 Å². The molecule has 6 rings (SSSR count). The summed E-state index contributed by atoms with van der Waals surface area (Å²) >= 11 is 1.57. The van der Waals surface area contributed by atoms with Crippen molar-refractivity contribution in [3.63, 3.8) is 0 Å². The molecule has 0 radical (unpaired) electrons. The average molecular weight is 487 g/mol. The average Bonchev–Trinajstić information content (AvgIpc) is 3.54. The summed E-state index contributed by atoms with van der Waals surface area (Å²) in [4.78, 5) is 7.03. The largest absolute Gasteiger partial charge is 0.392 e. The first-order valence-electron chi connectivity index (χ1n) is 11.9. The molecule has 35 heavy (non-hydrogen) atoms. The number of hydrogen-bond donors (Lipinski definition) is 2. The van der Waals surface area contributed by atoms with E-state index in [9.17, 15) is 5.11 Å². The van der Waals surface area contributed by atoms with Gasteiger partial charge >= 0.3 is 0 Å². The topological polar surface area (TPSA) is 115 Å². The lowest BCUT2D eigenvalue weighted by Gasteiger charge is -2.34. The summed E-state index contributed by atoms with van der Waals surface area (Å²) < 4.78 is 1.80. The van der Waals surface area contributed by atoms with Crippen molar-refractivity contribution in [2.45, 2.75) is 38.8 Å². The number of fused-ring (bicyclic) bond motifs is 3. The van der Waals surface area contributed by atoms with Crippen molar-refractivity contribution in [2.75, 3.05) is 23.3 Å². The summed E-state index contributed by atoms with van der Waals surface area (Å²) in [7, 11) is 0. The Morgan fingerprint density at radius 1 is 1.14 bits per heavy atom. The highest BCUT2D eigenvalue weighted by Gasteiger charge is 2.41. The highest BCUT2D eigenvalue weighted by molar-refractivity contribution is 7.18. The molecule has 2 aliphatic rings. The summed E-state index contributed by atoms with van der Waals surface area (Å²) in [5.41, 5.74) is 4.84. The molecule has 3 atom stereocenters. The van der Waals surface area contributed by atoms with E-state index in [0.29, 0.717) is 17.4 Å². The van der Waals surface area contributed by atoms with Gasteiger partial charge in [-0.15, -0.1) is 10.2 Å². The fourth-order valence-corrected chi connectivity index (χ4v) is 6.14. The molecule has 1 aliphatic heterocycles. The predicted octanol–water partition coefficient (Wildman–Crippen LogP) is 3.81. The maximum absolute atomic E-state index is 10.4. The van der Waals surface area contributed by atoms with Gasteiger partial charge in [-0.25, -0.2) is 4.52 Å². The van der Waals surface area contributed by atoms with Crippen molar-refractivity contribution in [1.29, 1.82) is 5.26 Å². The van der Waals surface area contributed by atoms with Crippen molar-refractivity contribution in [1.82, 2.24) is 24.8 Å². The number of aliphatic hydroxyl groups excluding tert-OH is 1. The molecule has 2 fully saturated rings. The van der Waals surface area contributed by atoms with E-state index < -0.39 is 0 Å². The Morgan fingerprint density at radius 3 is 2.69 bits per heavy atom. The van der Waals surface area contributed by atoms with E-state index in [1.54, 1.807) is 22.0 Å². The number of aliphatic hydroxyl groups is 1. The molecule has 0 spiro atoms. The Hall–Kier alpha value is -3.55. The minimum absolute atomic E-state index is 0.177. The van der Waals surface area contributed by atoms with E-state index in [1.807, 2.05) is 30.5 Å². The smallest absolute Gasteiger partial charge is 0.208 e. The third-order valence-corrected chi connectivity index (χ3v) is 7.96. The summed E-state index contributed by atoms with van der Waals surface area (Å²) in [5, 5.41) is 38.2. The number of nitrogens with zero attached hydrogens (tertiary/aromatic N) is 7. The molecule has 4 aromatic heterocycles. The molecule has 0 amide bonds. The quantitative estimate of drug-likeness (QED) is 0.438. The van der Waals surface area contributed by atoms with Crippen molar-refractivity contribution in [3.05, 3.63) is 42.2 Å². The second-order valence-corrected chi connectivity index (χ2v) is 10.7. The zero-order valence-corrected chi connectivity index (χ0v) is 20.4. The van der Waals surface area contributed by atoms with Crippen LogP contribution in [0.15, 0.2) is 36.7 Å². The van der Waals surface area contributed by atoms with E-state index in [4.69, 9.17) is 10.2 Å². The van der Waals surface area contributed by atoms with Crippen LogP contribution in [0.25, 0.3) is 27.5 Å². The van der Waals surface area contributed by atoms with Crippen LogP contribution in [-0.4, -0.2) is 55.1 Å². The van der Waals surface area contributed by atoms with Crippen molar-refractivity contribution < 1.29 is 5.11 Å². The number of pyridine rings is 1. The third kappa shape index (κ3) is 3.90. The van der Waals surface area contributed by atoms with Gasteiger partial charge in [0.05, 0.1) is 40.3 Å². The van der Waals surface area contributed by atoms with Crippen molar-refractivity contribution in [3.8, 4) is 28.0 Å². The van der Waals surface area contributed by atoms with Crippen LogP contribution < -0.4 is 10.2 Å². The maximum Gasteiger partial charge on any atom is 0.208 e. The Morgan fingerprint density at radius 2 is 1.94 bits per heavy atom. The minimum atomic E-state index is -0.177. The van der Waals surface area contributed by atoms with E-state index >= 15 is 0 Å². The van der Waals surface area contributed by atoms with Crippen LogP contribution in [-0.2, 0) is 0 Å². The molecule has 2 bridgehead atoms. The van der Waals surface area contributed by atoms with E-state index in [-0.39, 0.29) is 12.1 Å². The molecule has 1 saturated carbocycles. The monoisotopic (exact) mass is 486 g/mol. The Bertz CT molecular complexity index is 1420. The van der Waals surface area contributed by atoms with E-state index in [0.717, 1.165) is 64.2 Å². The van der Waals surface area contributed by atoms with Gasteiger partial charge in [-0.3, -0.25) is 4.98 Å². The molecule has 5 heterocycles. The lowest BCUT2D eigenvalue weighted by Crippen LogP contribution is -2.44. The first-order valence-corrected chi connectivity index (χ1v) is 12.7. The van der Waals surface area contributed by atoms with Crippen LogP contribution in [0.4, 0.5) is 10.8 Å². The zero-order chi connectivity index (χ0) is 24.1. The second kappa shape index (κ2) is 8.59. The molecular weight excluding hydrogens is 460 g/mol. The van der Waals surface area contributed by atoms with Gasteiger partial charge in [-0.1, -0.05) is 11.3 Å². The van der Waals surface area contributed by atoms with Crippen LogP contribution in [0.5, 0.6) is 0 Å². The molecule has 1 aliphatic carbocycles. The number of aromatic nitrogens is 5. The molecule has 0 aromatic carbocycles. The summed E-state index contributed by atoms with van der Waals surface area (Å²) in [6.45, 7) is 5.87. The number of anilines is 2. The van der Waals surface area contributed by atoms with Gasteiger partial charge in [0.25, 0.3) is 0 Å². The summed E-state index contributed by atoms with van der Waals surface area (Å²) in [6, 6.07) is 10.1. The van der Waals surface area contributed by atoms with Gasteiger partial charge in [0.2, 0.25) is 5.13 Å². The number of nitriles is 1. The normalized spacial score (nSPS) is 21.6. The standard InChI is InChI=1S/C25H26N8OS/c1-14(2)29-20-8-21(22-6-5-18-7-15(9-26)10-28-33(18)22)27-11-19(20)24-30-31-25(35-24)32-12-16-3-4-17(13-32)23(16)34/h5-8,10-11,14,16-17,23,34H,3-4,12-13H2,1-2H3,(H,27,29)/t16-,17+,23?. The van der Waals surface area contributed by atoms with Gasteiger partial charge in [0.15, 0.2) is 5.01 Å². The van der Waals surface area contributed by atoms with Crippen molar-refractivity contribution in [2.24, 2.45) is 11.8 Å². The van der Waals surface area contributed by atoms with Gasteiger partial charge in [-0.05, 0) is 51.0 Å². The summed E-state index contributed by atoms with van der Waals surface area (Å²) in [5.74, 6) is 0.657. The molecule has 10 heteroatoms. The zero-order valence-electron chi connectivity index (χ0n) is 19.6. The number of nitrogens with one attached hydrogen (secondary N) is 1. The SMILES string of the molecule is CC(C)Nc1cc(-c2ccc3cc(C#N)cnn23)ncc1-c1nnc(N2C[C@H]3CC[C@@H](C2)C3O)s1. The second-order valence-electron chi connectivity index (χ2n) is 9.71. The van der Waals surface area contributed by atoms with Crippen LogP contribution in [0, 0.1) is 23.2 Å². The first-order chi connectivity index (χ1) is 17.0. The first kappa shape index (κ1) is 21.9. The highest BCUT2D eigenvalue weighted by Crippen LogP contribution is 2.41. The Balaban J connectivity index is 1.34. The van der Waals surface area contributed by atoms with Crippen LogP contribution in [0.3, 0.4) is 0 Å². The predicted molar refractivity (Wildman–Crippen MR) is 135 cm³/mol. The Labute approximate surface area is 207 Å². The number of rotatable bonds is 5. The molecule has 2 N–H and O–H groups in total. The summed E-state index contributed by atoms with van der Waals surface area (Å²) in [6.07, 6.45) is 5.40. The van der Waals surface area contributed by atoms with E-state index in [1.165, 1.54) is 0 Å². The number of hydrogen-bond acceptors (Lipinski definition) is 9. The van der Waals surface area contributed by atoms with Gasteiger partial charge < -0.3 is 15.3 Å². The molecule has 4 aromatic rings. The number of piperidine rings is 1. The molecule has 1 unspecified atom stereocenters. The minimum Gasteiger partial charge on any atom is -0.392 e. The fourth-order valence-electron chi connectivity index (χ4n) is 5.25. The molecule has 1 saturated heterocycles. The van der Waals surface area contributed by atoms with E-state index in [2.05, 4.69) is 45.4 Å². The van der Waals surface area contributed by atoms with Gasteiger partial charge in [0.1, 0.15) is 6.07 Å². The van der Waals surface area contributed by atoms with Crippen LogP contribution in [0.1, 0.15) is 32.3 Å². The lowest BCUT2D eigenvalue weighted by atomic mass is 9.96. The van der Waals surface area contributed by atoms with Gasteiger partial charge in [-0.2, -0.15) is 10.4 Å². The Kier molecular flexibility index (Phi) is 5.39. The molecule has 178 valence electrons. The fraction of sp³-hybridized carbons (Fsp3) is 0.400. The van der Waals surface area contributed by atoms with Crippen LogP contribution >= 0.6 is 11.3 Å². The lowest BCUT2D eigenvalue weighted by molar-refractivity contribution is 0.0792. The maximum atomic E-state index is 10.4. The third-order valence-electron chi connectivity index (χ3n) is 6.94.